The number of para-hydroxylation sites is 1. The smallest absolute Gasteiger partial charge is 0.124 e. The molecule has 0 bridgehead atoms. The highest BCUT2D eigenvalue weighted by Gasteiger charge is 2.15. The third-order valence-corrected chi connectivity index (χ3v) is 8.31. The zero-order valence-corrected chi connectivity index (χ0v) is 21.6. The van der Waals surface area contributed by atoms with Crippen LogP contribution >= 0.6 is 11.3 Å². The van der Waals surface area contributed by atoms with Crippen LogP contribution in [0.5, 0.6) is 0 Å². The first-order chi connectivity index (χ1) is 19.3. The molecule has 0 saturated carbocycles. The second-order valence-electron chi connectivity index (χ2n) is 9.56. The van der Waals surface area contributed by atoms with E-state index in [-0.39, 0.29) is 0 Å². The molecule has 0 atom stereocenters. The van der Waals surface area contributed by atoms with E-state index in [0.29, 0.717) is 0 Å². The van der Waals surface area contributed by atoms with Gasteiger partial charge in [-0.1, -0.05) is 54.6 Å². The predicted molar refractivity (Wildman–Crippen MR) is 160 cm³/mol. The molecule has 39 heavy (non-hydrogen) atoms. The van der Waals surface area contributed by atoms with Crippen LogP contribution < -0.4 is 0 Å². The number of rotatable bonds is 4. The molecule has 0 fully saturated rings. The van der Waals surface area contributed by atoms with Gasteiger partial charge in [0.05, 0.1) is 39.5 Å². The largest absolute Gasteiger partial charge is 0.472 e. The van der Waals surface area contributed by atoms with Crippen molar-refractivity contribution in [1.29, 1.82) is 0 Å². The van der Waals surface area contributed by atoms with Crippen molar-refractivity contribution < 1.29 is 4.42 Å². The van der Waals surface area contributed by atoms with Crippen molar-refractivity contribution in [3.8, 4) is 38.6 Å². The highest BCUT2D eigenvalue weighted by Crippen LogP contribution is 2.38. The molecule has 5 heteroatoms. The van der Waals surface area contributed by atoms with Crippen molar-refractivity contribution in [1.82, 2.24) is 14.5 Å². The Kier molecular flexibility index (Phi) is 4.96. The van der Waals surface area contributed by atoms with Gasteiger partial charge < -0.3 is 8.98 Å². The lowest BCUT2D eigenvalue weighted by Gasteiger charge is -2.10. The normalized spacial score (nSPS) is 11.6. The van der Waals surface area contributed by atoms with Crippen LogP contribution in [0.1, 0.15) is 0 Å². The SMILES string of the molecule is c1ccc(-c2cccc(-n3c4ccccc4c4ccc(-c5nc6cc(-c7ccoc7)ccc6s5)cc43)c2)nc1. The zero-order valence-electron chi connectivity index (χ0n) is 20.8. The average Bonchev–Trinajstić information content (AvgIpc) is 3.75. The van der Waals surface area contributed by atoms with Gasteiger partial charge in [0.1, 0.15) is 5.01 Å². The van der Waals surface area contributed by atoms with Crippen molar-refractivity contribution in [3.63, 3.8) is 0 Å². The van der Waals surface area contributed by atoms with Gasteiger partial charge in [-0.2, -0.15) is 0 Å². The van der Waals surface area contributed by atoms with Crippen LogP contribution in [0.15, 0.2) is 132 Å². The van der Waals surface area contributed by atoms with Gasteiger partial charge in [-0.3, -0.25) is 4.98 Å². The molecule has 8 rings (SSSR count). The van der Waals surface area contributed by atoms with E-state index < -0.39 is 0 Å². The number of hydrogen-bond donors (Lipinski definition) is 0. The van der Waals surface area contributed by atoms with Crippen molar-refractivity contribution in [3.05, 3.63) is 128 Å². The Bertz CT molecular complexity index is 2120. The number of pyridine rings is 1. The summed E-state index contributed by atoms with van der Waals surface area (Å²) < 4.78 is 8.80. The minimum atomic E-state index is 0.963. The summed E-state index contributed by atoms with van der Waals surface area (Å²) in [5.41, 5.74) is 9.77. The molecule has 0 aliphatic carbocycles. The summed E-state index contributed by atoms with van der Waals surface area (Å²) in [6, 6.07) is 38.3. The van der Waals surface area contributed by atoms with Gasteiger partial charge in [-0.25, -0.2) is 4.98 Å². The van der Waals surface area contributed by atoms with Crippen LogP contribution in [-0.4, -0.2) is 14.5 Å². The van der Waals surface area contributed by atoms with E-state index >= 15 is 0 Å². The standard InChI is InChI=1S/C34H21N3OS/c1-2-10-31-27(8-1)28-13-11-24(34-36-30-19-22(12-14-33(30)39-34)25-15-17-38-21-25)20-32(28)37(31)26-7-5-6-23(18-26)29-9-3-4-16-35-29/h1-21H. The first-order valence-corrected chi connectivity index (χ1v) is 13.6. The topological polar surface area (TPSA) is 43.9 Å². The quantitative estimate of drug-likeness (QED) is 0.233. The third kappa shape index (κ3) is 3.67. The molecular weight excluding hydrogens is 498 g/mol. The van der Waals surface area contributed by atoms with Crippen molar-refractivity contribution >= 4 is 43.4 Å². The third-order valence-electron chi connectivity index (χ3n) is 7.23. The fourth-order valence-corrected chi connectivity index (χ4v) is 6.32. The second kappa shape index (κ2) is 8.79. The maximum absolute atomic E-state index is 5.28. The lowest BCUT2D eigenvalue weighted by molar-refractivity contribution is 0.568. The maximum atomic E-state index is 5.28. The second-order valence-corrected chi connectivity index (χ2v) is 10.6. The van der Waals surface area contributed by atoms with E-state index in [1.807, 2.05) is 30.5 Å². The average molecular weight is 520 g/mol. The number of benzene rings is 4. The monoisotopic (exact) mass is 519 g/mol. The van der Waals surface area contributed by atoms with Gasteiger partial charge in [-0.05, 0) is 60.2 Å². The summed E-state index contributed by atoms with van der Waals surface area (Å²) in [6.07, 6.45) is 5.31. The number of nitrogens with zero attached hydrogens (tertiary/aromatic N) is 3. The molecule has 0 radical (unpaired) electrons. The minimum Gasteiger partial charge on any atom is -0.472 e. The Morgan fingerprint density at radius 2 is 1.54 bits per heavy atom. The van der Waals surface area contributed by atoms with Crippen LogP contribution in [0.2, 0.25) is 0 Å². The fraction of sp³-hybridized carbons (Fsp3) is 0. The molecule has 4 nitrogen and oxygen atoms in total. The van der Waals surface area contributed by atoms with E-state index in [4.69, 9.17) is 9.40 Å². The van der Waals surface area contributed by atoms with Crippen molar-refractivity contribution in [2.45, 2.75) is 0 Å². The van der Waals surface area contributed by atoms with Gasteiger partial charge in [-0.15, -0.1) is 11.3 Å². The molecule has 8 aromatic rings. The van der Waals surface area contributed by atoms with Gasteiger partial charge in [0.2, 0.25) is 0 Å². The number of hydrogen-bond acceptors (Lipinski definition) is 4. The maximum Gasteiger partial charge on any atom is 0.124 e. The highest BCUT2D eigenvalue weighted by atomic mass is 32.1. The molecule has 4 aromatic heterocycles. The van der Waals surface area contributed by atoms with E-state index in [0.717, 1.165) is 49.7 Å². The summed E-state index contributed by atoms with van der Waals surface area (Å²) in [6.45, 7) is 0. The van der Waals surface area contributed by atoms with E-state index in [9.17, 15) is 0 Å². The van der Waals surface area contributed by atoms with Crippen LogP contribution in [-0.2, 0) is 0 Å². The van der Waals surface area contributed by atoms with E-state index in [1.54, 1.807) is 23.9 Å². The Labute approximate surface area is 228 Å². The Morgan fingerprint density at radius 3 is 2.44 bits per heavy atom. The predicted octanol–water partition coefficient (Wildman–Crippen LogP) is 9.38. The van der Waals surface area contributed by atoms with Crippen LogP contribution in [0.4, 0.5) is 0 Å². The highest BCUT2D eigenvalue weighted by molar-refractivity contribution is 7.21. The van der Waals surface area contributed by atoms with E-state index in [2.05, 4.69) is 94.5 Å². The van der Waals surface area contributed by atoms with Crippen LogP contribution in [0.25, 0.3) is 70.7 Å². The summed E-state index contributed by atoms with van der Waals surface area (Å²) >= 11 is 1.72. The number of aromatic nitrogens is 3. The van der Waals surface area contributed by atoms with E-state index in [1.165, 1.54) is 21.0 Å². The Balaban J connectivity index is 1.31. The molecule has 184 valence electrons. The van der Waals surface area contributed by atoms with Crippen molar-refractivity contribution in [2.24, 2.45) is 0 Å². The molecular formula is C34H21N3OS. The summed E-state index contributed by atoms with van der Waals surface area (Å²) in [7, 11) is 0. The molecule has 0 spiro atoms. The Morgan fingerprint density at radius 1 is 0.641 bits per heavy atom. The minimum absolute atomic E-state index is 0.963. The molecule has 0 amide bonds. The molecule has 0 aliphatic heterocycles. The van der Waals surface area contributed by atoms with Crippen molar-refractivity contribution in [2.75, 3.05) is 0 Å². The first-order valence-electron chi connectivity index (χ1n) is 12.8. The summed E-state index contributed by atoms with van der Waals surface area (Å²) in [5.74, 6) is 0. The summed E-state index contributed by atoms with van der Waals surface area (Å²) in [4.78, 5) is 9.61. The zero-order chi connectivity index (χ0) is 25.8. The molecule has 4 heterocycles. The molecule has 0 saturated heterocycles. The molecule has 0 unspecified atom stereocenters. The van der Waals surface area contributed by atoms with Gasteiger partial charge in [0.15, 0.2) is 0 Å². The number of thiazole rings is 1. The van der Waals surface area contributed by atoms with Crippen LogP contribution in [0.3, 0.4) is 0 Å². The number of fused-ring (bicyclic) bond motifs is 4. The molecule has 4 aromatic carbocycles. The molecule has 0 N–H and O–H groups in total. The first kappa shape index (κ1) is 22.0. The lowest BCUT2D eigenvalue weighted by Crippen LogP contribution is -1.95. The number of furan rings is 1. The Hall–Kier alpha value is -5.00. The van der Waals surface area contributed by atoms with Gasteiger partial charge in [0.25, 0.3) is 0 Å². The summed E-state index contributed by atoms with van der Waals surface area (Å²) in [5, 5.41) is 3.47. The fourth-order valence-electron chi connectivity index (χ4n) is 5.38. The molecule has 0 aliphatic rings. The van der Waals surface area contributed by atoms with Gasteiger partial charge in [0, 0.05) is 39.3 Å². The lowest BCUT2D eigenvalue weighted by atomic mass is 10.1. The van der Waals surface area contributed by atoms with Crippen LogP contribution in [0, 0.1) is 0 Å². The van der Waals surface area contributed by atoms with Gasteiger partial charge >= 0.3 is 0 Å².